The number of methoxy groups -OCH3 is 1. The van der Waals surface area contributed by atoms with Gasteiger partial charge in [-0.25, -0.2) is 4.79 Å². The highest BCUT2D eigenvalue weighted by Crippen LogP contribution is 2.51. The summed E-state index contributed by atoms with van der Waals surface area (Å²) < 4.78 is 43.9. The molecule has 1 aliphatic rings. The Morgan fingerprint density at radius 3 is 2.62 bits per heavy atom. The molecule has 3 unspecified atom stereocenters. The number of carboxylic acids is 1. The molecule has 1 aliphatic carbocycles. The second-order valence-electron chi connectivity index (χ2n) is 5.71. The Kier molecular flexibility index (Phi) is 5.48. The van der Waals surface area contributed by atoms with E-state index < -0.39 is 41.5 Å². The van der Waals surface area contributed by atoms with Crippen LogP contribution in [0.25, 0.3) is 0 Å². The summed E-state index contributed by atoms with van der Waals surface area (Å²) >= 11 is 0. The van der Waals surface area contributed by atoms with Crippen LogP contribution in [0.1, 0.15) is 29.9 Å². The summed E-state index contributed by atoms with van der Waals surface area (Å²) in [5.74, 6) is -2.92. The van der Waals surface area contributed by atoms with E-state index >= 15 is 0 Å². The van der Waals surface area contributed by atoms with Gasteiger partial charge in [-0.2, -0.15) is 13.2 Å². The quantitative estimate of drug-likeness (QED) is 0.796. The Labute approximate surface area is 136 Å². The molecule has 0 heterocycles. The molecule has 3 atom stereocenters. The van der Waals surface area contributed by atoms with Gasteiger partial charge in [0, 0.05) is 26.1 Å². The molecule has 1 amide bonds. The topological polar surface area (TPSA) is 75.6 Å². The lowest BCUT2D eigenvalue weighted by Crippen LogP contribution is -2.42. The zero-order chi connectivity index (χ0) is 17.9. The second-order valence-corrected chi connectivity index (χ2v) is 5.71. The molecular formula is C16H18F3NO4. The summed E-state index contributed by atoms with van der Waals surface area (Å²) in [7, 11) is 1.41. The van der Waals surface area contributed by atoms with Crippen molar-refractivity contribution in [3.05, 3.63) is 35.4 Å². The number of benzene rings is 1. The highest BCUT2D eigenvalue weighted by molar-refractivity contribution is 5.87. The van der Waals surface area contributed by atoms with Crippen molar-refractivity contribution in [1.29, 1.82) is 0 Å². The van der Waals surface area contributed by atoms with Gasteiger partial charge in [0.15, 0.2) is 0 Å². The van der Waals surface area contributed by atoms with E-state index in [4.69, 9.17) is 9.84 Å². The first-order valence-electron chi connectivity index (χ1n) is 7.44. The van der Waals surface area contributed by atoms with Crippen LogP contribution in [-0.4, -0.2) is 36.7 Å². The summed E-state index contributed by atoms with van der Waals surface area (Å²) in [4.78, 5) is 23.2. The molecule has 0 aliphatic heterocycles. The number of hydrogen-bond donors (Lipinski definition) is 2. The number of ether oxygens (including phenoxy) is 1. The van der Waals surface area contributed by atoms with Gasteiger partial charge >= 0.3 is 12.1 Å². The zero-order valence-electron chi connectivity index (χ0n) is 13.0. The van der Waals surface area contributed by atoms with Gasteiger partial charge in [0.1, 0.15) is 6.04 Å². The van der Waals surface area contributed by atoms with Crippen LogP contribution in [0.15, 0.2) is 24.3 Å². The van der Waals surface area contributed by atoms with Crippen LogP contribution < -0.4 is 5.32 Å². The van der Waals surface area contributed by atoms with Gasteiger partial charge < -0.3 is 15.2 Å². The number of carbonyl (C=O) groups excluding carboxylic acids is 1. The number of rotatable bonds is 7. The third-order valence-corrected chi connectivity index (χ3v) is 4.02. The molecule has 1 aromatic carbocycles. The van der Waals surface area contributed by atoms with Gasteiger partial charge in [-0.1, -0.05) is 18.2 Å². The third kappa shape index (κ3) is 4.25. The summed E-state index contributed by atoms with van der Waals surface area (Å²) in [5.41, 5.74) is -0.673. The van der Waals surface area contributed by atoms with Crippen LogP contribution in [0.2, 0.25) is 0 Å². The fraction of sp³-hybridized carbons (Fsp3) is 0.500. The van der Waals surface area contributed by atoms with Crippen molar-refractivity contribution in [2.75, 3.05) is 13.7 Å². The van der Waals surface area contributed by atoms with Crippen molar-refractivity contribution in [1.82, 2.24) is 5.32 Å². The summed E-state index contributed by atoms with van der Waals surface area (Å²) in [5, 5.41) is 11.4. The molecule has 8 heteroatoms. The third-order valence-electron chi connectivity index (χ3n) is 4.02. The molecule has 1 aromatic rings. The highest BCUT2D eigenvalue weighted by atomic mass is 19.4. The van der Waals surface area contributed by atoms with Crippen LogP contribution in [0.5, 0.6) is 0 Å². The molecule has 2 N–H and O–H groups in total. The Morgan fingerprint density at radius 1 is 1.38 bits per heavy atom. The van der Waals surface area contributed by atoms with Crippen molar-refractivity contribution in [2.45, 2.75) is 31.0 Å². The van der Waals surface area contributed by atoms with E-state index in [-0.39, 0.29) is 25.0 Å². The maximum absolute atomic E-state index is 13.0. The number of nitrogens with one attached hydrogen (secondary N) is 1. The van der Waals surface area contributed by atoms with E-state index in [1.54, 1.807) is 0 Å². The highest BCUT2D eigenvalue weighted by Gasteiger charge is 2.48. The van der Waals surface area contributed by atoms with Crippen LogP contribution in [0.4, 0.5) is 13.2 Å². The van der Waals surface area contributed by atoms with E-state index in [1.807, 2.05) is 0 Å². The van der Waals surface area contributed by atoms with Gasteiger partial charge in [-0.15, -0.1) is 0 Å². The SMILES string of the molecule is COCCC(NC(=O)C1CC1c1ccccc1C(F)(F)F)C(=O)O. The molecule has 132 valence electrons. The van der Waals surface area contributed by atoms with Gasteiger partial charge in [0.25, 0.3) is 0 Å². The van der Waals surface area contributed by atoms with Crippen molar-refractivity contribution in [3.8, 4) is 0 Å². The number of aliphatic carboxylic acids is 1. The minimum absolute atomic E-state index is 0.0777. The summed E-state index contributed by atoms with van der Waals surface area (Å²) in [6, 6.07) is 4.03. The smallest absolute Gasteiger partial charge is 0.416 e. The molecular weight excluding hydrogens is 327 g/mol. The average molecular weight is 345 g/mol. The van der Waals surface area contributed by atoms with E-state index in [9.17, 15) is 22.8 Å². The maximum atomic E-state index is 13.0. The van der Waals surface area contributed by atoms with E-state index in [2.05, 4.69) is 5.32 Å². The Balaban J connectivity index is 2.05. The minimum atomic E-state index is -4.48. The molecule has 1 saturated carbocycles. The Bertz CT molecular complexity index is 618. The maximum Gasteiger partial charge on any atom is 0.416 e. The van der Waals surface area contributed by atoms with Crippen LogP contribution in [-0.2, 0) is 20.5 Å². The fourth-order valence-electron chi connectivity index (χ4n) is 2.68. The van der Waals surface area contributed by atoms with Crippen LogP contribution >= 0.6 is 0 Å². The predicted molar refractivity (Wildman–Crippen MR) is 78.4 cm³/mol. The van der Waals surface area contributed by atoms with Gasteiger partial charge in [-0.05, 0) is 24.0 Å². The molecule has 0 aromatic heterocycles. The number of alkyl halides is 3. The lowest BCUT2D eigenvalue weighted by Gasteiger charge is -2.15. The molecule has 5 nitrogen and oxygen atoms in total. The predicted octanol–water partition coefficient (Wildman–Crippen LogP) is 2.41. The first-order chi connectivity index (χ1) is 11.3. The normalized spacial score (nSPS) is 21.2. The van der Waals surface area contributed by atoms with E-state index in [1.165, 1.54) is 25.3 Å². The molecule has 1 fully saturated rings. The van der Waals surface area contributed by atoms with Gasteiger partial charge in [-0.3, -0.25) is 4.79 Å². The van der Waals surface area contributed by atoms with Crippen LogP contribution in [0, 0.1) is 5.92 Å². The molecule has 0 bridgehead atoms. The fourth-order valence-corrected chi connectivity index (χ4v) is 2.68. The number of carboxylic acid groups (broad SMARTS) is 1. The van der Waals surface area contributed by atoms with Crippen molar-refractivity contribution in [2.24, 2.45) is 5.92 Å². The van der Waals surface area contributed by atoms with Crippen molar-refractivity contribution >= 4 is 11.9 Å². The zero-order valence-corrected chi connectivity index (χ0v) is 13.0. The first kappa shape index (κ1) is 18.3. The van der Waals surface area contributed by atoms with Crippen LogP contribution in [0.3, 0.4) is 0 Å². The van der Waals surface area contributed by atoms with Crippen molar-refractivity contribution < 1.29 is 32.6 Å². The molecule has 0 saturated heterocycles. The lowest BCUT2D eigenvalue weighted by atomic mass is 10.0. The number of hydrogen-bond acceptors (Lipinski definition) is 3. The van der Waals surface area contributed by atoms with Gasteiger partial charge in [0.05, 0.1) is 5.56 Å². The number of carbonyl (C=O) groups is 2. The van der Waals surface area contributed by atoms with Crippen molar-refractivity contribution in [3.63, 3.8) is 0 Å². The number of halogens is 3. The monoisotopic (exact) mass is 345 g/mol. The average Bonchev–Trinajstić information content (AvgIpc) is 3.30. The summed E-state index contributed by atoms with van der Waals surface area (Å²) in [6.07, 6.45) is -4.12. The van der Waals surface area contributed by atoms with Gasteiger partial charge in [0.2, 0.25) is 5.91 Å². The minimum Gasteiger partial charge on any atom is -0.480 e. The van der Waals surface area contributed by atoms with E-state index in [0.29, 0.717) is 0 Å². The Morgan fingerprint density at radius 2 is 2.04 bits per heavy atom. The molecule has 0 spiro atoms. The molecule has 24 heavy (non-hydrogen) atoms. The first-order valence-corrected chi connectivity index (χ1v) is 7.44. The van der Waals surface area contributed by atoms with E-state index in [0.717, 1.165) is 6.07 Å². The lowest BCUT2D eigenvalue weighted by molar-refractivity contribution is -0.142. The standard InChI is InChI=1S/C16H18F3NO4/c1-24-7-6-13(15(22)23)20-14(21)11-8-10(11)9-4-2-3-5-12(9)16(17,18)19/h2-5,10-11,13H,6-8H2,1H3,(H,20,21)(H,22,23). The molecule has 0 radical (unpaired) electrons. The Hall–Kier alpha value is -2.09. The summed E-state index contributed by atoms with van der Waals surface area (Å²) in [6.45, 7) is 0.155. The molecule has 2 rings (SSSR count). The number of amides is 1. The largest absolute Gasteiger partial charge is 0.480 e. The second kappa shape index (κ2) is 7.21.